The lowest BCUT2D eigenvalue weighted by Gasteiger charge is -2.16. The molecule has 1 fully saturated rings. The second kappa shape index (κ2) is 4.41. The largest absolute Gasteiger partial charge is 0.494 e. The molecule has 0 bridgehead atoms. The lowest BCUT2D eigenvalue weighted by Crippen LogP contribution is -2.19. The fourth-order valence-corrected chi connectivity index (χ4v) is 1.73. The van der Waals surface area contributed by atoms with Gasteiger partial charge in [0.25, 0.3) is 0 Å². The van der Waals surface area contributed by atoms with Crippen LogP contribution in [0.2, 0.25) is 0 Å². The van der Waals surface area contributed by atoms with E-state index in [1.807, 2.05) is 0 Å². The molecule has 4 N–H and O–H groups in total. The van der Waals surface area contributed by atoms with Crippen molar-refractivity contribution in [1.82, 2.24) is 0 Å². The maximum Gasteiger partial charge on any atom is 0.167 e. The number of anilines is 2. The first-order chi connectivity index (χ1) is 8.10. The lowest BCUT2D eigenvalue weighted by molar-refractivity contribution is 0.220. The summed E-state index contributed by atoms with van der Waals surface area (Å²) < 4.78 is 18.2. The molecule has 0 aliphatic heterocycles. The summed E-state index contributed by atoms with van der Waals surface area (Å²) in [4.78, 5) is 0. The van der Waals surface area contributed by atoms with E-state index in [1.54, 1.807) is 0 Å². The molecule has 5 heteroatoms. The Bertz CT molecular complexity index is 419. The number of aliphatic hydroxyl groups is 1. The number of nitrogens with one attached hydrogen (secondary N) is 1. The maximum absolute atomic E-state index is 13.3. The van der Waals surface area contributed by atoms with Crippen LogP contribution in [0, 0.1) is 11.2 Å². The number of ether oxygens (including phenoxy) is 1. The third kappa shape index (κ3) is 2.44. The molecule has 0 atom stereocenters. The number of halogens is 1. The van der Waals surface area contributed by atoms with Crippen molar-refractivity contribution in [3.63, 3.8) is 0 Å². The van der Waals surface area contributed by atoms with E-state index in [1.165, 1.54) is 19.2 Å². The van der Waals surface area contributed by atoms with Gasteiger partial charge in [0.15, 0.2) is 11.6 Å². The molecule has 1 aliphatic carbocycles. The molecule has 1 aliphatic rings. The molecule has 0 amide bonds. The first-order valence-electron chi connectivity index (χ1n) is 5.58. The highest BCUT2D eigenvalue weighted by atomic mass is 19.1. The minimum absolute atomic E-state index is 0.0198. The van der Waals surface area contributed by atoms with Gasteiger partial charge in [-0.15, -0.1) is 0 Å². The van der Waals surface area contributed by atoms with E-state index in [0.717, 1.165) is 12.8 Å². The zero-order chi connectivity index (χ0) is 12.5. The van der Waals surface area contributed by atoms with Gasteiger partial charge in [0.2, 0.25) is 0 Å². The predicted molar refractivity (Wildman–Crippen MR) is 64.6 cm³/mol. The summed E-state index contributed by atoms with van der Waals surface area (Å²) in [6.45, 7) is 0.806. The van der Waals surface area contributed by atoms with Gasteiger partial charge in [-0.25, -0.2) is 4.39 Å². The minimum Gasteiger partial charge on any atom is -0.494 e. The van der Waals surface area contributed by atoms with Crippen molar-refractivity contribution in [2.45, 2.75) is 12.8 Å². The maximum atomic E-state index is 13.3. The van der Waals surface area contributed by atoms with E-state index in [4.69, 9.17) is 10.5 Å². The van der Waals surface area contributed by atoms with Crippen molar-refractivity contribution < 1.29 is 14.2 Å². The molecule has 1 aromatic rings. The smallest absolute Gasteiger partial charge is 0.167 e. The number of aliphatic hydroxyl groups excluding tert-OH is 1. The fraction of sp³-hybridized carbons (Fsp3) is 0.500. The van der Waals surface area contributed by atoms with E-state index < -0.39 is 5.82 Å². The van der Waals surface area contributed by atoms with Crippen LogP contribution in [0.25, 0.3) is 0 Å². The van der Waals surface area contributed by atoms with Crippen molar-refractivity contribution in [2.24, 2.45) is 5.41 Å². The van der Waals surface area contributed by atoms with Crippen molar-refractivity contribution in [2.75, 3.05) is 31.3 Å². The SMILES string of the molecule is COc1cc(NCC2(CO)CC2)c(N)cc1F. The van der Waals surface area contributed by atoms with E-state index in [0.29, 0.717) is 17.9 Å². The highest BCUT2D eigenvalue weighted by Crippen LogP contribution is 2.45. The number of hydrogen-bond acceptors (Lipinski definition) is 4. The second-order valence-electron chi connectivity index (χ2n) is 4.59. The van der Waals surface area contributed by atoms with Crippen LogP contribution in [0.1, 0.15) is 12.8 Å². The van der Waals surface area contributed by atoms with Gasteiger partial charge in [0.1, 0.15) is 0 Å². The van der Waals surface area contributed by atoms with Gasteiger partial charge in [-0.05, 0) is 12.8 Å². The Morgan fingerprint density at radius 1 is 1.53 bits per heavy atom. The first-order valence-corrected chi connectivity index (χ1v) is 5.58. The van der Waals surface area contributed by atoms with Crippen LogP contribution in [0.3, 0.4) is 0 Å². The number of methoxy groups -OCH3 is 1. The summed E-state index contributed by atoms with van der Waals surface area (Å²) in [5.74, 6) is -0.311. The first kappa shape index (κ1) is 12.0. The molecule has 0 unspecified atom stereocenters. The molecule has 0 radical (unpaired) electrons. The summed E-state index contributed by atoms with van der Waals surface area (Å²) in [7, 11) is 1.41. The van der Waals surface area contributed by atoms with Gasteiger partial charge in [-0.1, -0.05) is 0 Å². The summed E-state index contributed by atoms with van der Waals surface area (Å²) in [6.07, 6.45) is 2.02. The van der Waals surface area contributed by atoms with Crippen LogP contribution in [-0.2, 0) is 0 Å². The molecule has 17 heavy (non-hydrogen) atoms. The Balaban J connectivity index is 2.10. The number of nitrogens with two attached hydrogens (primary N) is 1. The highest BCUT2D eigenvalue weighted by Gasteiger charge is 2.41. The van der Waals surface area contributed by atoms with E-state index in [2.05, 4.69) is 5.32 Å². The second-order valence-corrected chi connectivity index (χ2v) is 4.59. The van der Waals surface area contributed by atoms with E-state index in [9.17, 15) is 9.50 Å². The average Bonchev–Trinajstić information content (AvgIpc) is 3.09. The molecule has 2 rings (SSSR count). The lowest BCUT2D eigenvalue weighted by atomic mass is 10.1. The highest BCUT2D eigenvalue weighted by molar-refractivity contribution is 5.68. The molecule has 4 nitrogen and oxygen atoms in total. The van der Waals surface area contributed by atoms with E-state index in [-0.39, 0.29) is 17.8 Å². The summed E-state index contributed by atoms with van der Waals surface area (Å²) in [6, 6.07) is 2.78. The third-order valence-corrected chi connectivity index (χ3v) is 3.27. The predicted octanol–water partition coefficient (Wildman–Crippen LogP) is 1.60. The molecule has 0 spiro atoms. The topological polar surface area (TPSA) is 67.5 Å². The van der Waals surface area contributed by atoms with Crippen molar-refractivity contribution in [3.8, 4) is 5.75 Å². The summed E-state index contributed by atoms with van der Waals surface area (Å²) in [5.41, 5.74) is 6.68. The van der Waals surface area contributed by atoms with Crippen LogP contribution >= 0.6 is 0 Å². The Morgan fingerprint density at radius 2 is 2.24 bits per heavy atom. The molecule has 0 saturated heterocycles. The Labute approximate surface area is 99.6 Å². The van der Waals surface area contributed by atoms with Gasteiger partial charge < -0.3 is 20.9 Å². The van der Waals surface area contributed by atoms with Gasteiger partial charge in [0.05, 0.1) is 25.1 Å². The Morgan fingerprint density at radius 3 is 2.76 bits per heavy atom. The van der Waals surface area contributed by atoms with Crippen LogP contribution in [-0.4, -0.2) is 25.4 Å². The molecule has 0 aromatic heterocycles. The van der Waals surface area contributed by atoms with Crippen molar-refractivity contribution >= 4 is 11.4 Å². The van der Waals surface area contributed by atoms with Gasteiger partial charge in [0, 0.05) is 24.1 Å². The standard InChI is InChI=1S/C12H17FN2O2/c1-17-11-5-10(9(14)4-8(11)13)15-6-12(7-16)2-3-12/h4-5,15-16H,2-3,6-7,14H2,1H3. The van der Waals surface area contributed by atoms with Crippen LogP contribution in [0.4, 0.5) is 15.8 Å². The minimum atomic E-state index is -0.473. The number of rotatable bonds is 5. The van der Waals surface area contributed by atoms with Crippen LogP contribution in [0.5, 0.6) is 5.75 Å². The third-order valence-electron chi connectivity index (χ3n) is 3.27. The molecule has 94 valence electrons. The average molecular weight is 240 g/mol. The zero-order valence-corrected chi connectivity index (χ0v) is 9.79. The van der Waals surface area contributed by atoms with Crippen molar-refractivity contribution in [3.05, 3.63) is 17.9 Å². The van der Waals surface area contributed by atoms with Gasteiger partial charge in [-0.2, -0.15) is 0 Å². The monoisotopic (exact) mass is 240 g/mol. The quantitative estimate of drug-likeness (QED) is 0.684. The molecule has 1 saturated carbocycles. The normalized spacial score (nSPS) is 16.6. The zero-order valence-electron chi connectivity index (χ0n) is 9.79. The number of benzene rings is 1. The van der Waals surface area contributed by atoms with Gasteiger partial charge >= 0.3 is 0 Å². The molecular weight excluding hydrogens is 223 g/mol. The van der Waals surface area contributed by atoms with Gasteiger partial charge in [-0.3, -0.25) is 0 Å². The fourth-order valence-electron chi connectivity index (χ4n) is 1.73. The van der Waals surface area contributed by atoms with E-state index >= 15 is 0 Å². The number of nitrogen functional groups attached to an aromatic ring is 1. The Kier molecular flexibility index (Phi) is 3.11. The van der Waals surface area contributed by atoms with Crippen molar-refractivity contribution in [1.29, 1.82) is 0 Å². The number of hydrogen-bond donors (Lipinski definition) is 3. The van der Waals surface area contributed by atoms with Crippen LogP contribution in [0.15, 0.2) is 12.1 Å². The summed E-state index contributed by atoms with van der Waals surface area (Å²) in [5, 5.41) is 12.3. The van der Waals surface area contributed by atoms with Crippen LogP contribution < -0.4 is 15.8 Å². The molecular formula is C12H17FN2O2. The molecule has 1 aromatic carbocycles. The summed E-state index contributed by atoms with van der Waals surface area (Å²) >= 11 is 0. The molecule has 0 heterocycles. The Hall–Kier alpha value is -1.49.